The highest BCUT2D eigenvalue weighted by Crippen LogP contribution is 2.40. The molecule has 2 aromatic rings. The zero-order chi connectivity index (χ0) is 23.5. The highest BCUT2D eigenvalue weighted by molar-refractivity contribution is 6.31. The van der Waals surface area contributed by atoms with Gasteiger partial charge in [0.15, 0.2) is 0 Å². The first-order valence-corrected chi connectivity index (χ1v) is 11.1. The smallest absolute Gasteiger partial charge is 0.253 e. The van der Waals surface area contributed by atoms with E-state index in [4.69, 9.17) is 16.7 Å². The van der Waals surface area contributed by atoms with Crippen molar-refractivity contribution < 1.29 is 19.1 Å². The van der Waals surface area contributed by atoms with Crippen LogP contribution in [0.1, 0.15) is 47.7 Å². The first-order chi connectivity index (χ1) is 15.2. The lowest BCUT2D eigenvalue weighted by molar-refractivity contribution is -0.128. The van der Waals surface area contributed by atoms with E-state index in [1.54, 1.807) is 0 Å². The van der Waals surface area contributed by atoms with Crippen LogP contribution in [0.2, 0.25) is 5.02 Å². The summed E-state index contributed by atoms with van der Waals surface area (Å²) in [5.74, 6) is -1.30. The van der Waals surface area contributed by atoms with Crippen molar-refractivity contribution in [1.82, 2.24) is 10.2 Å². The van der Waals surface area contributed by atoms with Gasteiger partial charge >= 0.3 is 0 Å². The maximum absolute atomic E-state index is 14.2. The van der Waals surface area contributed by atoms with Gasteiger partial charge in [-0.05, 0) is 35.6 Å². The molecular formula is C24H29ClFN3O3. The number of carbonyl (C=O) groups is 2. The van der Waals surface area contributed by atoms with Crippen LogP contribution >= 0.6 is 11.6 Å². The number of halogens is 2. The van der Waals surface area contributed by atoms with E-state index in [0.717, 1.165) is 17.2 Å². The van der Waals surface area contributed by atoms with Crippen LogP contribution in [0.4, 0.5) is 10.1 Å². The summed E-state index contributed by atoms with van der Waals surface area (Å²) in [4.78, 5) is 28.1. The van der Waals surface area contributed by atoms with Gasteiger partial charge in [-0.1, -0.05) is 49.7 Å². The minimum Gasteiger partial charge on any atom is -0.396 e. The van der Waals surface area contributed by atoms with Crippen LogP contribution in [0.3, 0.4) is 0 Å². The molecule has 0 radical (unpaired) electrons. The number of amides is 2. The Morgan fingerprint density at radius 1 is 1.25 bits per heavy atom. The zero-order valence-electron chi connectivity index (χ0n) is 18.5. The molecule has 172 valence electrons. The van der Waals surface area contributed by atoms with Gasteiger partial charge in [0.25, 0.3) is 5.91 Å². The largest absolute Gasteiger partial charge is 0.396 e. The van der Waals surface area contributed by atoms with Gasteiger partial charge in [-0.15, -0.1) is 0 Å². The lowest BCUT2D eigenvalue weighted by Crippen LogP contribution is -2.65. The third-order valence-electron chi connectivity index (χ3n) is 5.93. The van der Waals surface area contributed by atoms with Crippen LogP contribution in [0.25, 0.3) is 0 Å². The number of rotatable bonds is 8. The predicted octanol–water partition coefficient (Wildman–Crippen LogP) is 3.54. The summed E-state index contributed by atoms with van der Waals surface area (Å²) in [6.07, 6.45) is 0.618. The number of hydrogen-bond acceptors (Lipinski definition) is 4. The van der Waals surface area contributed by atoms with E-state index in [-0.39, 0.29) is 34.7 Å². The number of aliphatic hydroxyl groups is 1. The topological polar surface area (TPSA) is 81.7 Å². The van der Waals surface area contributed by atoms with E-state index < -0.39 is 17.1 Å². The lowest BCUT2D eigenvalue weighted by atomic mass is 9.69. The number of hydrogen-bond donors (Lipinski definition) is 3. The molecule has 6 nitrogen and oxygen atoms in total. The van der Waals surface area contributed by atoms with E-state index in [9.17, 15) is 14.0 Å². The standard InChI is InChI=1S/C24H29ClFN3O3/c1-15(2)16-7-4-5-8-18(16)24(13-29(14-24)9-6-10-30)23(32)28-21-12-20(26)19(25)11-17(21)22(31)27-3/h4-5,7-8,11-12,15,30H,6,9-10,13-14H2,1-3H3,(H,27,31)(H,28,32). The fraction of sp³-hybridized carbons (Fsp3) is 0.417. The second-order valence-corrected chi connectivity index (χ2v) is 8.86. The summed E-state index contributed by atoms with van der Waals surface area (Å²) >= 11 is 5.88. The Bertz CT molecular complexity index is 1010. The minimum absolute atomic E-state index is 0.0754. The molecule has 32 heavy (non-hydrogen) atoms. The third-order valence-corrected chi connectivity index (χ3v) is 6.22. The average molecular weight is 462 g/mol. The summed E-state index contributed by atoms with van der Waals surface area (Å²) in [7, 11) is 1.45. The minimum atomic E-state index is -0.855. The molecule has 0 aromatic heterocycles. The number of anilines is 1. The van der Waals surface area contributed by atoms with Crippen LogP contribution in [0.5, 0.6) is 0 Å². The molecule has 2 aromatic carbocycles. The normalized spacial score (nSPS) is 15.3. The van der Waals surface area contributed by atoms with Gasteiger partial charge in [0.1, 0.15) is 5.82 Å². The van der Waals surface area contributed by atoms with E-state index >= 15 is 0 Å². The first-order valence-electron chi connectivity index (χ1n) is 10.7. The number of nitrogens with zero attached hydrogens (tertiary/aromatic N) is 1. The number of nitrogens with one attached hydrogen (secondary N) is 2. The maximum atomic E-state index is 14.2. The molecule has 0 atom stereocenters. The number of benzene rings is 2. The van der Waals surface area contributed by atoms with Crippen LogP contribution in [0.15, 0.2) is 36.4 Å². The van der Waals surface area contributed by atoms with Crippen molar-refractivity contribution >= 4 is 29.1 Å². The monoisotopic (exact) mass is 461 g/mol. The van der Waals surface area contributed by atoms with Crippen molar-refractivity contribution in [2.24, 2.45) is 0 Å². The number of likely N-dealkylation sites (tertiary alicyclic amines) is 1. The number of carbonyl (C=O) groups excluding carboxylic acids is 2. The van der Waals surface area contributed by atoms with Gasteiger partial charge in [0, 0.05) is 33.3 Å². The Kier molecular flexibility index (Phi) is 7.54. The molecule has 0 unspecified atom stereocenters. The number of aliphatic hydroxyl groups excluding tert-OH is 1. The fourth-order valence-corrected chi connectivity index (χ4v) is 4.42. The molecule has 0 aliphatic carbocycles. The maximum Gasteiger partial charge on any atom is 0.253 e. The van der Waals surface area contributed by atoms with Gasteiger partial charge in [-0.3, -0.25) is 9.59 Å². The second kappa shape index (κ2) is 9.98. The van der Waals surface area contributed by atoms with Gasteiger partial charge in [0.2, 0.25) is 5.91 Å². The van der Waals surface area contributed by atoms with E-state index in [1.807, 2.05) is 24.3 Å². The fourth-order valence-electron chi connectivity index (χ4n) is 4.26. The quantitative estimate of drug-likeness (QED) is 0.561. The molecular weight excluding hydrogens is 433 g/mol. The predicted molar refractivity (Wildman–Crippen MR) is 124 cm³/mol. The molecule has 2 amide bonds. The molecule has 0 bridgehead atoms. The molecule has 0 saturated carbocycles. The van der Waals surface area contributed by atoms with Gasteiger partial charge in [-0.2, -0.15) is 0 Å². The third kappa shape index (κ3) is 4.65. The zero-order valence-corrected chi connectivity index (χ0v) is 19.3. The first kappa shape index (κ1) is 24.2. The molecule has 0 spiro atoms. The van der Waals surface area contributed by atoms with Crippen molar-refractivity contribution in [3.63, 3.8) is 0 Å². The van der Waals surface area contributed by atoms with Crippen LogP contribution < -0.4 is 10.6 Å². The van der Waals surface area contributed by atoms with Gasteiger partial charge < -0.3 is 20.6 Å². The van der Waals surface area contributed by atoms with Crippen LogP contribution in [-0.4, -0.2) is 55.1 Å². The Balaban J connectivity index is 2.01. The van der Waals surface area contributed by atoms with Crippen LogP contribution in [0, 0.1) is 5.82 Å². The SMILES string of the molecule is CNC(=O)c1cc(Cl)c(F)cc1NC(=O)C1(c2ccccc2C(C)C)CN(CCCO)C1. The van der Waals surface area contributed by atoms with Crippen molar-refractivity contribution in [2.75, 3.05) is 38.6 Å². The Morgan fingerprint density at radius 2 is 1.94 bits per heavy atom. The Labute approximate surface area is 192 Å². The Hall–Kier alpha value is -2.48. The van der Waals surface area contributed by atoms with Crippen molar-refractivity contribution in [2.45, 2.75) is 31.6 Å². The molecule has 1 fully saturated rings. The molecule has 1 aliphatic rings. The molecule has 3 N–H and O–H groups in total. The van der Waals surface area contributed by atoms with Gasteiger partial charge in [-0.25, -0.2) is 4.39 Å². The van der Waals surface area contributed by atoms with Crippen molar-refractivity contribution in [3.8, 4) is 0 Å². The summed E-state index contributed by atoms with van der Waals surface area (Å²) in [5, 5.41) is 14.3. The van der Waals surface area contributed by atoms with E-state index in [2.05, 4.69) is 29.4 Å². The summed E-state index contributed by atoms with van der Waals surface area (Å²) in [5.41, 5.74) is 1.30. The lowest BCUT2D eigenvalue weighted by Gasteiger charge is -2.50. The van der Waals surface area contributed by atoms with Crippen LogP contribution in [-0.2, 0) is 10.2 Å². The summed E-state index contributed by atoms with van der Waals surface area (Å²) in [6, 6.07) is 10.1. The molecule has 3 rings (SSSR count). The summed E-state index contributed by atoms with van der Waals surface area (Å²) < 4.78 is 14.2. The molecule has 1 heterocycles. The summed E-state index contributed by atoms with van der Waals surface area (Å²) in [6.45, 7) is 5.84. The average Bonchev–Trinajstić information content (AvgIpc) is 2.74. The van der Waals surface area contributed by atoms with Crippen molar-refractivity contribution in [1.29, 1.82) is 0 Å². The highest BCUT2D eigenvalue weighted by atomic mass is 35.5. The highest BCUT2D eigenvalue weighted by Gasteiger charge is 2.51. The van der Waals surface area contributed by atoms with E-state index in [0.29, 0.717) is 26.1 Å². The molecule has 1 aliphatic heterocycles. The van der Waals surface area contributed by atoms with Gasteiger partial charge in [0.05, 0.1) is 21.7 Å². The molecule has 1 saturated heterocycles. The Morgan fingerprint density at radius 3 is 2.56 bits per heavy atom. The van der Waals surface area contributed by atoms with E-state index in [1.165, 1.54) is 13.1 Å². The van der Waals surface area contributed by atoms with Crippen molar-refractivity contribution in [3.05, 3.63) is 63.9 Å². The molecule has 8 heteroatoms. The second-order valence-electron chi connectivity index (χ2n) is 8.46.